The minimum atomic E-state index is -5.08. The van der Waals surface area contributed by atoms with Crippen LogP contribution in [-0.4, -0.2) is 60.9 Å². The van der Waals surface area contributed by atoms with Crippen LogP contribution in [0.15, 0.2) is 54.4 Å². The summed E-state index contributed by atoms with van der Waals surface area (Å²) >= 11 is 6.36. The molecule has 0 spiro atoms. The average Bonchev–Trinajstić information content (AvgIpc) is 3.21. The summed E-state index contributed by atoms with van der Waals surface area (Å²) in [5.41, 5.74) is 0.428. The highest BCUT2D eigenvalue weighted by Gasteiger charge is 2.40. The van der Waals surface area contributed by atoms with Gasteiger partial charge in [-0.1, -0.05) is 17.7 Å². The van der Waals surface area contributed by atoms with E-state index in [0.29, 0.717) is 41.4 Å². The number of rotatable bonds is 11. The van der Waals surface area contributed by atoms with Crippen LogP contribution in [0.5, 0.6) is 11.5 Å². The van der Waals surface area contributed by atoms with Crippen molar-refractivity contribution in [1.82, 2.24) is 15.3 Å². The number of fused-ring (bicyclic) bond motifs is 1. The van der Waals surface area contributed by atoms with Crippen molar-refractivity contribution in [2.45, 2.75) is 18.8 Å². The number of carbonyl (C=O) groups is 2. The number of nitrogens with one attached hydrogen (secondary N) is 3. The van der Waals surface area contributed by atoms with Gasteiger partial charge in [-0.15, -0.1) is 0 Å². The molecule has 0 atom stereocenters. The SMILES string of the molecule is O=C(NCCOCCOC(=O)C(F)(F)F)C1=Cc2c(ncnc2Nc2ccc(Oc3cccc(C(F)(F)F)c3)c(Cl)c2)NCC1. The third kappa shape index (κ3) is 9.46. The molecular formula is C28H24ClF6N5O5. The molecule has 240 valence electrons. The second-order valence-corrected chi connectivity index (χ2v) is 9.64. The molecule has 10 nitrogen and oxygen atoms in total. The molecule has 0 saturated heterocycles. The number of halogens is 7. The lowest BCUT2D eigenvalue weighted by Gasteiger charge is -2.14. The fourth-order valence-corrected chi connectivity index (χ4v) is 4.12. The van der Waals surface area contributed by atoms with Crippen LogP contribution in [0.1, 0.15) is 17.5 Å². The zero-order valence-electron chi connectivity index (χ0n) is 23.0. The Balaban J connectivity index is 1.37. The maximum atomic E-state index is 13.0. The van der Waals surface area contributed by atoms with Crippen LogP contribution < -0.4 is 20.7 Å². The molecule has 0 aliphatic carbocycles. The number of carbonyl (C=O) groups excluding carboxylic acids is 2. The van der Waals surface area contributed by atoms with Crippen LogP contribution in [0.2, 0.25) is 5.02 Å². The summed E-state index contributed by atoms with van der Waals surface area (Å²) in [6.07, 6.45) is -6.39. The molecule has 2 heterocycles. The van der Waals surface area contributed by atoms with Crippen LogP contribution in [0.4, 0.5) is 43.7 Å². The Kier molecular flexibility index (Phi) is 10.7. The van der Waals surface area contributed by atoms with Crippen molar-refractivity contribution in [2.75, 3.05) is 43.5 Å². The van der Waals surface area contributed by atoms with Crippen LogP contribution in [-0.2, 0) is 25.2 Å². The van der Waals surface area contributed by atoms with Gasteiger partial charge in [-0.05, 0) is 48.9 Å². The molecular weight excluding hydrogens is 636 g/mol. The third-order valence-electron chi connectivity index (χ3n) is 5.99. The van der Waals surface area contributed by atoms with E-state index in [1.807, 2.05) is 0 Å². The van der Waals surface area contributed by atoms with E-state index in [2.05, 4.69) is 30.7 Å². The van der Waals surface area contributed by atoms with E-state index < -0.39 is 36.4 Å². The third-order valence-corrected chi connectivity index (χ3v) is 6.28. The number of amides is 1. The van der Waals surface area contributed by atoms with E-state index in [0.717, 1.165) is 12.1 Å². The minimum absolute atomic E-state index is 0.0352. The lowest BCUT2D eigenvalue weighted by atomic mass is 10.1. The molecule has 0 fully saturated rings. The van der Waals surface area contributed by atoms with Gasteiger partial charge in [0.15, 0.2) is 0 Å². The molecule has 2 aromatic carbocycles. The van der Waals surface area contributed by atoms with Gasteiger partial charge in [0.05, 0.1) is 29.4 Å². The number of esters is 1. The van der Waals surface area contributed by atoms with Gasteiger partial charge in [-0.25, -0.2) is 14.8 Å². The second-order valence-electron chi connectivity index (χ2n) is 9.23. The molecule has 0 saturated carbocycles. The summed E-state index contributed by atoms with van der Waals surface area (Å²) in [6.45, 7) is -0.509. The monoisotopic (exact) mass is 659 g/mol. The molecule has 1 amide bonds. The Hall–Kier alpha value is -4.57. The van der Waals surface area contributed by atoms with Crippen LogP contribution in [0.25, 0.3) is 6.08 Å². The number of alkyl halides is 6. The molecule has 3 aromatic rings. The van der Waals surface area contributed by atoms with Crippen LogP contribution >= 0.6 is 11.6 Å². The summed E-state index contributed by atoms with van der Waals surface area (Å²) in [4.78, 5) is 32.0. The first kappa shape index (κ1) is 33.3. The highest BCUT2D eigenvalue weighted by Crippen LogP contribution is 2.36. The summed E-state index contributed by atoms with van der Waals surface area (Å²) in [5, 5.41) is 8.95. The summed E-state index contributed by atoms with van der Waals surface area (Å²) in [7, 11) is 0. The Morgan fingerprint density at radius 1 is 1.00 bits per heavy atom. The van der Waals surface area contributed by atoms with Gasteiger partial charge in [-0.3, -0.25) is 4.79 Å². The quantitative estimate of drug-likeness (QED) is 0.127. The molecule has 0 bridgehead atoms. The maximum Gasteiger partial charge on any atom is 0.490 e. The van der Waals surface area contributed by atoms with Crippen LogP contribution in [0.3, 0.4) is 0 Å². The van der Waals surface area contributed by atoms with Crippen molar-refractivity contribution in [3.05, 3.63) is 70.5 Å². The Bertz CT molecular complexity index is 1570. The number of ether oxygens (including phenoxy) is 3. The number of hydrogen-bond donors (Lipinski definition) is 3. The Morgan fingerprint density at radius 2 is 1.80 bits per heavy atom. The topological polar surface area (TPSA) is 124 Å². The van der Waals surface area contributed by atoms with E-state index in [4.69, 9.17) is 21.1 Å². The molecule has 4 rings (SSSR count). The predicted octanol–water partition coefficient (Wildman–Crippen LogP) is 6.12. The molecule has 1 aromatic heterocycles. The van der Waals surface area contributed by atoms with Crippen molar-refractivity contribution < 1.29 is 50.1 Å². The normalized spacial score (nSPS) is 13.1. The van der Waals surface area contributed by atoms with Crippen molar-refractivity contribution in [1.29, 1.82) is 0 Å². The summed E-state index contributed by atoms with van der Waals surface area (Å²) in [5.74, 6) is -1.90. The van der Waals surface area contributed by atoms with E-state index >= 15 is 0 Å². The van der Waals surface area contributed by atoms with E-state index in [1.54, 1.807) is 12.1 Å². The second kappa shape index (κ2) is 14.5. The highest BCUT2D eigenvalue weighted by atomic mass is 35.5. The smallest absolute Gasteiger partial charge is 0.457 e. The Morgan fingerprint density at radius 3 is 2.53 bits per heavy atom. The fourth-order valence-electron chi connectivity index (χ4n) is 3.90. The lowest BCUT2D eigenvalue weighted by Crippen LogP contribution is -2.30. The van der Waals surface area contributed by atoms with Gasteiger partial charge in [0.25, 0.3) is 0 Å². The minimum Gasteiger partial charge on any atom is -0.457 e. The van der Waals surface area contributed by atoms with Gasteiger partial charge < -0.3 is 30.2 Å². The Labute approximate surface area is 256 Å². The predicted molar refractivity (Wildman–Crippen MR) is 150 cm³/mol. The number of aromatic nitrogens is 2. The molecule has 45 heavy (non-hydrogen) atoms. The number of benzene rings is 2. The van der Waals surface area contributed by atoms with Gasteiger partial charge in [0.2, 0.25) is 5.91 Å². The standard InChI is InChI=1S/C28H24ClF6N5O5/c29-21-14-18(4-5-22(21)45-19-3-1-2-17(13-19)27(30,31)32)40-24-20-12-16(6-7-36-23(20)38-15-39-24)25(41)37-8-9-43-10-11-44-26(42)28(33,34)35/h1-5,12-15H,6-11H2,(H,37,41)(H2,36,38,39,40). The first-order chi connectivity index (χ1) is 21.3. The molecule has 0 unspecified atom stereocenters. The zero-order chi connectivity index (χ0) is 32.6. The van der Waals surface area contributed by atoms with Gasteiger partial charge in [0.1, 0.15) is 36.1 Å². The average molecular weight is 660 g/mol. The molecule has 17 heteroatoms. The zero-order valence-corrected chi connectivity index (χ0v) is 23.8. The van der Waals surface area contributed by atoms with Gasteiger partial charge in [-0.2, -0.15) is 26.3 Å². The molecule has 1 aliphatic heterocycles. The molecule has 3 N–H and O–H groups in total. The number of nitrogens with zero attached hydrogens (tertiary/aromatic N) is 2. The van der Waals surface area contributed by atoms with Crippen molar-refractivity contribution in [3.63, 3.8) is 0 Å². The van der Waals surface area contributed by atoms with E-state index in [9.17, 15) is 35.9 Å². The number of hydrogen-bond acceptors (Lipinski definition) is 9. The van der Waals surface area contributed by atoms with E-state index in [1.165, 1.54) is 30.6 Å². The molecule has 1 aliphatic rings. The maximum absolute atomic E-state index is 13.0. The fraction of sp³-hybridized carbons (Fsp3) is 0.286. The van der Waals surface area contributed by atoms with E-state index in [-0.39, 0.29) is 36.3 Å². The van der Waals surface area contributed by atoms with Gasteiger partial charge >= 0.3 is 18.3 Å². The summed E-state index contributed by atoms with van der Waals surface area (Å²) < 4.78 is 90.1. The molecule has 0 radical (unpaired) electrons. The van der Waals surface area contributed by atoms with Crippen molar-refractivity contribution in [3.8, 4) is 11.5 Å². The summed E-state index contributed by atoms with van der Waals surface area (Å²) in [6, 6.07) is 8.92. The van der Waals surface area contributed by atoms with Crippen molar-refractivity contribution >= 4 is 46.9 Å². The highest BCUT2D eigenvalue weighted by molar-refractivity contribution is 6.32. The first-order valence-electron chi connectivity index (χ1n) is 13.1. The first-order valence-corrected chi connectivity index (χ1v) is 13.5. The lowest BCUT2D eigenvalue weighted by molar-refractivity contribution is -0.200. The number of anilines is 3. The van der Waals surface area contributed by atoms with Crippen molar-refractivity contribution in [2.24, 2.45) is 0 Å². The van der Waals surface area contributed by atoms with Crippen LogP contribution in [0, 0.1) is 0 Å². The largest absolute Gasteiger partial charge is 0.490 e. The van der Waals surface area contributed by atoms with Gasteiger partial charge in [0, 0.05) is 24.4 Å².